The van der Waals surface area contributed by atoms with Crippen molar-refractivity contribution < 1.29 is 4.79 Å². The summed E-state index contributed by atoms with van der Waals surface area (Å²) >= 11 is 3.46. The minimum Gasteiger partial charge on any atom is -0.317 e. The normalized spacial score (nSPS) is 14.0. The summed E-state index contributed by atoms with van der Waals surface area (Å²) < 4.78 is 1.21. The molecular weight excluding hydrogens is 324 g/mol. The molecule has 0 fully saturated rings. The number of anilines is 1. The van der Waals surface area contributed by atoms with Crippen molar-refractivity contribution in [3.63, 3.8) is 0 Å². The summed E-state index contributed by atoms with van der Waals surface area (Å²) in [6.07, 6.45) is 4.68. The summed E-state index contributed by atoms with van der Waals surface area (Å²) in [6, 6.07) is 6.37. The topological polar surface area (TPSA) is 42.0 Å². The van der Waals surface area contributed by atoms with Gasteiger partial charge in [-0.1, -0.05) is 6.07 Å². The van der Waals surface area contributed by atoms with Gasteiger partial charge in [0.2, 0.25) is 5.91 Å². The number of carbonyl (C=O) groups excluding carboxylic acids is 1. The monoisotopic (exact) mass is 342 g/mol. The zero-order chi connectivity index (χ0) is 16.0. The lowest BCUT2D eigenvalue weighted by Crippen LogP contribution is -2.05. The third-order valence-corrected chi connectivity index (χ3v) is 6.46. The van der Waals surface area contributed by atoms with Crippen LogP contribution in [0.5, 0.6) is 0 Å². The molecule has 5 heteroatoms. The first-order chi connectivity index (χ1) is 11.1. The van der Waals surface area contributed by atoms with Crippen molar-refractivity contribution in [1.82, 2.24) is 4.98 Å². The van der Waals surface area contributed by atoms with Gasteiger partial charge in [0.15, 0.2) is 0 Å². The summed E-state index contributed by atoms with van der Waals surface area (Å²) in [4.78, 5) is 17.9. The summed E-state index contributed by atoms with van der Waals surface area (Å²) in [7, 11) is 0. The van der Waals surface area contributed by atoms with Gasteiger partial charge >= 0.3 is 0 Å². The molecule has 1 aromatic carbocycles. The quantitative estimate of drug-likeness (QED) is 0.698. The van der Waals surface area contributed by atoms with Crippen molar-refractivity contribution in [3.05, 3.63) is 34.2 Å². The highest BCUT2D eigenvalue weighted by atomic mass is 32.1. The van der Waals surface area contributed by atoms with Crippen LogP contribution in [0, 0.1) is 6.92 Å². The lowest BCUT2D eigenvalue weighted by molar-refractivity contribution is -0.114. The number of benzene rings is 1. The predicted molar refractivity (Wildman–Crippen MR) is 98.6 cm³/mol. The summed E-state index contributed by atoms with van der Waals surface area (Å²) in [6.45, 7) is 3.68. The molecule has 1 N–H and O–H groups in total. The van der Waals surface area contributed by atoms with Gasteiger partial charge in [-0.2, -0.15) is 0 Å². The molecule has 0 radical (unpaired) electrons. The molecule has 0 bridgehead atoms. The molecule has 23 heavy (non-hydrogen) atoms. The lowest BCUT2D eigenvalue weighted by atomic mass is 9.96. The van der Waals surface area contributed by atoms with Gasteiger partial charge < -0.3 is 5.32 Å². The van der Waals surface area contributed by atoms with Gasteiger partial charge in [0.25, 0.3) is 0 Å². The van der Waals surface area contributed by atoms with E-state index in [1.165, 1.54) is 39.1 Å². The highest BCUT2D eigenvalue weighted by Crippen LogP contribution is 2.46. The maximum atomic E-state index is 11.6. The highest BCUT2D eigenvalue weighted by molar-refractivity contribution is 7.23. The van der Waals surface area contributed by atoms with E-state index in [9.17, 15) is 4.79 Å². The van der Waals surface area contributed by atoms with E-state index in [-0.39, 0.29) is 5.91 Å². The van der Waals surface area contributed by atoms with Crippen molar-refractivity contribution in [2.24, 2.45) is 0 Å². The fourth-order valence-electron chi connectivity index (χ4n) is 3.18. The Bertz CT molecular complexity index is 907. The Labute approximate surface area is 143 Å². The van der Waals surface area contributed by atoms with Gasteiger partial charge in [-0.15, -0.1) is 22.7 Å². The number of thiophene rings is 1. The van der Waals surface area contributed by atoms with Gasteiger partial charge in [0.1, 0.15) is 10.0 Å². The van der Waals surface area contributed by atoms with E-state index in [0.29, 0.717) is 0 Å². The number of nitrogens with one attached hydrogen (secondary N) is 1. The van der Waals surface area contributed by atoms with Gasteiger partial charge in [-0.05, 0) is 55.9 Å². The lowest BCUT2D eigenvalue weighted by Gasteiger charge is -2.11. The van der Waals surface area contributed by atoms with Crippen LogP contribution in [0.1, 0.15) is 35.8 Å². The van der Waals surface area contributed by atoms with E-state index in [1.54, 1.807) is 29.6 Å². The molecule has 3 nitrogen and oxygen atoms in total. The molecule has 2 aromatic heterocycles. The Balaban J connectivity index is 1.90. The van der Waals surface area contributed by atoms with E-state index in [0.717, 1.165) is 28.4 Å². The number of aryl methyl sites for hydroxylation is 2. The van der Waals surface area contributed by atoms with Crippen LogP contribution in [-0.4, -0.2) is 10.9 Å². The van der Waals surface area contributed by atoms with Crippen molar-refractivity contribution in [2.45, 2.75) is 39.5 Å². The van der Waals surface area contributed by atoms with Crippen LogP contribution < -0.4 is 5.32 Å². The van der Waals surface area contributed by atoms with Crippen LogP contribution in [0.15, 0.2) is 18.2 Å². The number of carbonyl (C=O) groups is 1. The summed E-state index contributed by atoms with van der Waals surface area (Å²) in [5, 5.41) is 5.04. The van der Waals surface area contributed by atoms with Crippen molar-refractivity contribution >= 4 is 43.8 Å². The highest BCUT2D eigenvalue weighted by Gasteiger charge is 2.24. The van der Waals surface area contributed by atoms with Crippen LogP contribution in [0.3, 0.4) is 0 Å². The fraction of sp³-hybridized carbons (Fsp3) is 0.333. The molecule has 0 aliphatic heterocycles. The third-order valence-electron chi connectivity index (χ3n) is 4.22. The fourth-order valence-corrected chi connectivity index (χ4v) is 5.72. The molecule has 1 aliphatic carbocycles. The average molecular weight is 342 g/mol. The van der Waals surface area contributed by atoms with Crippen molar-refractivity contribution in [2.75, 3.05) is 5.32 Å². The Hall–Kier alpha value is -1.72. The van der Waals surface area contributed by atoms with Crippen molar-refractivity contribution in [1.29, 1.82) is 0 Å². The number of nitrogens with zero attached hydrogens (tertiary/aromatic N) is 1. The first-order valence-corrected chi connectivity index (χ1v) is 9.55. The van der Waals surface area contributed by atoms with E-state index in [2.05, 4.69) is 30.4 Å². The van der Waals surface area contributed by atoms with Gasteiger partial charge in [0, 0.05) is 17.4 Å². The third kappa shape index (κ3) is 2.68. The maximum Gasteiger partial charge on any atom is 0.221 e. The number of aromatic nitrogens is 1. The molecule has 3 aromatic rings. The number of fused-ring (bicyclic) bond motifs is 2. The molecular formula is C18H18N2OS2. The average Bonchev–Trinajstić information content (AvgIpc) is 3.05. The summed E-state index contributed by atoms with van der Waals surface area (Å²) in [5.74, 6) is -0.0122. The second-order valence-electron chi connectivity index (χ2n) is 6.09. The number of thiazole rings is 1. The van der Waals surface area contributed by atoms with Gasteiger partial charge in [-0.3, -0.25) is 4.79 Å². The van der Waals surface area contributed by atoms with E-state index < -0.39 is 0 Å². The standard InChI is InChI=1S/C18H18N2OS2/c1-10-7-8-13-15(9-10)23-18(20-13)16-12-5-3-4-6-14(12)22-17(16)19-11(2)21/h7-9H,3-6H2,1-2H3,(H,19,21). The molecule has 1 amide bonds. The molecule has 1 aliphatic rings. The smallest absolute Gasteiger partial charge is 0.221 e. The number of amides is 1. The molecule has 0 atom stereocenters. The van der Waals surface area contributed by atoms with Crippen LogP contribution in [0.25, 0.3) is 20.8 Å². The molecule has 0 saturated heterocycles. The van der Waals surface area contributed by atoms with E-state index in [1.807, 2.05) is 0 Å². The van der Waals surface area contributed by atoms with Crippen LogP contribution in [0.2, 0.25) is 0 Å². The molecule has 118 valence electrons. The predicted octanol–water partition coefficient (Wildman–Crippen LogP) is 5.17. The first-order valence-electron chi connectivity index (χ1n) is 7.91. The largest absolute Gasteiger partial charge is 0.317 e. The minimum absolute atomic E-state index is 0.0122. The van der Waals surface area contributed by atoms with Crippen LogP contribution in [-0.2, 0) is 17.6 Å². The molecule has 4 rings (SSSR count). The Morgan fingerprint density at radius 1 is 1.22 bits per heavy atom. The Kier molecular flexibility index (Phi) is 3.70. The Morgan fingerprint density at radius 3 is 2.87 bits per heavy atom. The van der Waals surface area contributed by atoms with Crippen LogP contribution in [0.4, 0.5) is 5.00 Å². The van der Waals surface area contributed by atoms with Gasteiger partial charge in [-0.25, -0.2) is 4.98 Å². The zero-order valence-corrected chi connectivity index (χ0v) is 14.9. The number of rotatable bonds is 2. The Morgan fingerprint density at radius 2 is 2.04 bits per heavy atom. The SMILES string of the molecule is CC(=O)Nc1sc2c(c1-c1nc3ccc(C)cc3s1)CCCC2. The second-order valence-corrected chi connectivity index (χ2v) is 8.22. The van der Waals surface area contributed by atoms with Crippen LogP contribution >= 0.6 is 22.7 Å². The second kappa shape index (κ2) is 5.73. The minimum atomic E-state index is -0.0122. The van der Waals surface area contributed by atoms with Gasteiger partial charge in [0.05, 0.1) is 10.2 Å². The number of hydrogen-bond donors (Lipinski definition) is 1. The van der Waals surface area contributed by atoms with Crippen molar-refractivity contribution in [3.8, 4) is 10.6 Å². The molecule has 0 saturated carbocycles. The summed E-state index contributed by atoms with van der Waals surface area (Å²) in [5.41, 5.74) is 4.86. The van der Waals surface area contributed by atoms with E-state index >= 15 is 0 Å². The van der Waals surface area contributed by atoms with E-state index in [4.69, 9.17) is 4.98 Å². The number of hydrogen-bond acceptors (Lipinski definition) is 4. The zero-order valence-electron chi connectivity index (χ0n) is 13.2. The first kappa shape index (κ1) is 14.8. The molecule has 0 unspecified atom stereocenters. The maximum absolute atomic E-state index is 11.6. The molecule has 2 heterocycles. The molecule has 0 spiro atoms.